The molecule has 0 spiro atoms. The van der Waals surface area contributed by atoms with E-state index in [4.69, 9.17) is 5.10 Å². The zero-order valence-electron chi connectivity index (χ0n) is 14.8. The molecule has 3 nitrogen and oxygen atoms in total. The van der Waals surface area contributed by atoms with Crippen molar-refractivity contribution in [2.75, 3.05) is 13.1 Å². The van der Waals surface area contributed by atoms with E-state index in [9.17, 15) is 0 Å². The van der Waals surface area contributed by atoms with Gasteiger partial charge in [0.05, 0.1) is 5.69 Å². The third kappa shape index (κ3) is 6.64. The van der Waals surface area contributed by atoms with Crippen LogP contribution in [0.1, 0.15) is 69.8 Å². The second-order valence-electron chi connectivity index (χ2n) is 6.63. The molecule has 0 saturated carbocycles. The van der Waals surface area contributed by atoms with E-state index in [0.717, 1.165) is 32.0 Å². The minimum Gasteiger partial charge on any atom is -0.316 e. The van der Waals surface area contributed by atoms with E-state index in [0.29, 0.717) is 0 Å². The standard InChI is InChI=1S/C18H35N3/c1-6-7-8-9-10-13-21-17(5)18(16(4)20-21)11-12-19-14-15(2)3/h15,19H,6-14H2,1-5H3. The molecule has 1 N–H and O–H groups in total. The Kier molecular flexibility index (Phi) is 8.67. The molecule has 0 aromatic carbocycles. The van der Waals surface area contributed by atoms with Gasteiger partial charge in [-0.25, -0.2) is 0 Å². The Bertz CT molecular complexity index is 393. The Hall–Kier alpha value is -0.830. The van der Waals surface area contributed by atoms with Crippen LogP contribution in [0.3, 0.4) is 0 Å². The SMILES string of the molecule is CCCCCCCn1nc(C)c(CCNCC(C)C)c1C. The Morgan fingerprint density at radius 2 is 1.81 bits per heavy atom. The summed E-state index contributed by atoms with van der Waals surface area (Å²) in [5.41, 5.74) is 4.03. The predicted molar refractivity (Wildman–Crippen MR) is 91.9 cm³/mol. The van der Waals surface area contributed by atoms with Crippen LogP contribution in [0, 0.1) is 19.8 Å². The van der Waals surface area contributed by atoms with Crippen LogP contribution in [0.5, 0.6) is 0 Å². The maximum Gasteiger partial charge on any atom is 0.0628 e. The van der Waals surface area contributed by atoms with Gasteiger partial charge >= 0.3 is 0 Å². The molecule has 122 valence electrons. The van der Waals surface area contributed by atoms with E-state index in [1.165, 1.54) is 49.1 Å². The second-order valence-corrected chi connectivity index (χ2v) is 6.63. The van der Waals surface area contributed by atoms with Crippen molar-refractivity contribution < 1.29 is 0 Å². The van der Waals surface area contributed by atoms with E-state index >= 15 is 0 Å². The number of rotatable bonds is 11. The number of hydrogen-bond donors (Lipinski definition) is 1. The van der Waals surface area contributed by atoms with Gasteiger partial charge in [0.2, 0.25) is 0 Å². The van der Waals surface area contributed by atoms with Crippen molar-refractivity contribution in [3.8, 4) is 0 Å². The molecule has 3 heteroatoms. The van der Waals surface area contributed by atoms with Gasteiger partial charge in [0, 0.05) is 12.2 Å². The molecule has 0 amide bonds. The molecule has 0 fully saturated rings. The van der Waals surface area contributed by atoms with Crippen molar-refractivity contribution in [3.63, 3.8) is 0 Å². The molecule has 1 aromatic heterocycles. The fourth-order valence-corrected chi connectivity index (χ4v) is 2.78. The summed E-state index contributed by atoms with van der Waals surface area (Å²) >= 11 is 0. The highest BCUT2D eigenvalue weighted by atomic mass is 15.3. The Morgan fingerprint density at radius 1 is 1.10 bits per heavy atom. The third-order valence-electron chi connectivity index (χ3n) is 4.11. The third-order valence-corrected chi connectivity index (χ3v) is 4.11. The lowest BCUT2D eigenvalue weighted by molar-refractivity contribution is 0.521. The molecule has 21 heavy (non-hydrogen) atoms. The van der Waals surface area contributed by atoms with Crippen molar-refractivity contribution in [2.45, 2.75) is 79.7 Å². The topological polar surface area (TPSA) is 29.9 Å². The quantitative estimate of drug-likeness (QED) is 0.618. The summed E-state index contributed by atoms with van der Waals surface area (Å²) in [7, 11) is 0. The highest BCUT2D eigenvalue weighted by Gasteiger charge is 2.10. The summed E-state index contributed by atoms with van der Waals surface area (Å²) in [5, 5.41) is 8.26. The highest BCUT2D eigenvalue weighted by molar-refractivity contribution is 5.24. The summed E-state index contributed by atoms with van der Waals surface area (Å²) in [4.78, 5) is 0. The van der Waals surface area contributed by atoms with Gasteiger partial charge in [0.25, 0.3) is 0 Å². The molecule has 0 atom stereocenters. The molecule has 0 aliphatic rings. The maximum absolute atomic E-state index is 4.73. The van der Waals surface area contributed by atoms with E-state index in [1.54, 1.807) is 0 Å². The molecular formula is C18H35N3. The van der Waals surface area contributed by atoms with Gasteiger partial charge in [-0.15, -0.1) is 0 Å². The Labute approximate surface area is 131 Å². The van der Waals surface area contributed by atoms with E-state index < -0.39 is 0 Å². The number of aryl methyl sites for hydroxylation is 2. The van der Waals surface area contributed by atoms with Crippen LogP contribution in [0.25, 0.3) is 0 Å². The first-order valence-corrected chi connectivity index (χ1v) is 8.79. The number of nitrogens with one attached hydrogen (secondary N) is 1. The van der Waals surface area contributed by atoms with Crippen LogP contribution in [-0.4, -0.2) is 22.9 Å². The van der Waals surface area contributed by atoms with Crippen LogP contribution in [0.2, 0.25) is 0 Å². The lowest BCUT2D eigenvalue weighted by atomic mass is 10.1. The molecule has 1 heterocycles. The fourth-order valence-electron chi connectivity index (χ4n) is 2.78. The first-order chi connectivity index (χ1) is 10.1. The van der Waals surface area contributed by atoms with Gasteiger partial charge in [0.15, 0.2) is 0 Å². The van der Waals surface area contributed by atoms with Gasteiger partial charge < -0.3 is 5.32 Å². The first kappa shape index (κ1) is 18.2. The highest BCUT2D eigenvalue weighted by Crippen LogP contribution is 2.15. The lowest BCUT2D eigenvalue weighted by Crippen LogP contribution is -2.22. The van der Waals surface area contributed by atoms with Gasteiger partial charge in [-0.05, 0) is 51.3 Å². The van der Waals surface area contributed by atoms with Gasteiger partial charge in [0.1, 0.15) is 0 Å². The number of hydrogen-bond acceptors (Lipinski definition) is 2. The average molecular weight is 293 g/mol. The fraction of sp³-hybridized carbons (Fsp3) is 0.833. The Balaban J connectivity index is 2.40. The van der Waals surface area contributed by atoms with Gasteiger partial charge in [-0.2, -0.15) is 5.10 Å². The van der Waals surface area contributed by atoms with E-state index in [2.05, 4.69) is 44.6 Å². The predicted octanol–water partition coefficient (Wildman–Crippen LogP) is 4.26. The zero-order valence-corrected chi connectivity index (χ0v) is 14.8. The van der Waals surface area contributed by atoms with Crippen molar-refractivity contribution in [2.24, 2.45) is 5.92 Å². The van der Waals surface area contributed by atoms with Crippen molar-refractivity contribution in [1.82, 2.24) is 15.1 Å². The second kappa shape index (κ2) is 9.99. The summed E-state index contributed by atoms with van der Waals surface area (Å²) in [5.74, 6) is 0.720. The summed E-state index contributed by atoms with van der Waals surface area (Å²) < 4.78 is 2.22. The molecule has 0 aliphatic heterocycles. The number of nitrogens with zero attached hydrogens (tertiary/aromatic N) is 2. The van der Waals surface area contributed by atoms with Crippen LogP contribution in [0.15, 0.2) is 0 Å². The molecule has 0 saturated heterocycles. The molecule has 0 bridgehead atoms. The average Bonchev–Trinajstić information content (AvgIpc) is 2.70. The van der Waals surface area contributed by atoms with Crippen LogP contribution < -0.4 is 5.32 Å². The van der Waals surface area contributed by atoms with E-state index in [1.807, 2.05) is 0 Å². The largest absolute Gasteiger partial charge is 0.316 e. The van der Waals surface area contributed by atoms with Crippen molar-refractivity contribution in [1.29, 1.82) is 0 Å². The van der Waals surface area contributed by atoms with Crippen LogP contribution >= 0.6 is 0 Å². The Morgan fingerprint density at radius 3 is 2.48 bits per heavy atom. The molecule has 0 unspecified atom stereocenters. The molecule has 1 rings (SSSR count). The number of unbranched alkanes of at least 4 members (excludes halogenated alkanes) is 4. The van der Waals surface area contributed by atoms with Gasteiger partial charge in [-0.1, -0.05) is 46.5 Å². The first-order valence-electron chi connectivity index (χ1n) is 8.79. The van der Waals surface area contributed by atoms with Crippen LogP contribution in [-0.2, 0) is 13.0 Å². The molecule has 0 radical (unpaired) electrons. The molecule has 1 aromatic rings. The monoisotopic (exact) mass is 293 g/mol. The minimum absolute atomic E-state index is 0.720. The smallest absolute Gasteiger partial charge is 0.0628 e. The summed E-state index contributed by atoms with van der Waals surface area (Å²) in [6.45, 7) is 14.4. The maximum atomic E-state index is 4.73. The molecule has 0 aliphatic carbocycles. The van der Waals surface area contributed by atoms with Crippen molar-refractivity contribution in [3.05, 3.63) is 17.0 Å². The van der Waals surface area contributed by atoms with Gasteiger partial charge in [-0.3, -0.25) is 4.68 Å². The number of aromatic nitrogens is 2. The minimum atomic E-state index is 0.720. The summed E-state index contributed by atoms with van der Waals surface area (Å²) in [6.07, 6.45) is 7.73. The normalized spacial score (nSPS) is 11.5. The summed E-state index contributed by atoms with van der Waals surface area (Å²) in [6, 6.07) is 0. The van der Waals surface area contributed by atoms with Crippen molar-refractivity contribution >= 4 is 0 Å². The molecular weight excluding hydrogens is 258 g/mol. The lowest BCUT2D eigenvalue weighted by Gasteiger charge is -2.08. The van der Waals surface area contributed by atoms with E-state index in [-0.39, 0.29) is 0 Å². The van der Waals surface area contributed by atoms with Crippen LogP contribution in [0.4, 0.5) is 0 Å². The zero-order chi connectivity index (χ0) is 15.7.